The van der Waals surface area contributed by atoms with Crippen molar-refractivity contribution in [3.05, 3.63) is 33.8 Å². The molecule has 1 heterocycles. The number of rotatable bonds is 3. The minimum absolute atomic E-state index is 0. The van der Waals surface area contributed by atoms with Crippen molar-refractivity contribution in [2.24, 2.45) is 0 Å². The highest BCUT2D eigenvalue weighted by atomic mass is 79.9. The van der Waals surface area contributed by atoms with E-state index in [9.17, 15) is 0 Å². The Hall–Kier alpha value is -0.0900. The second kappa shape index (κ2) is 6.74. The number of benzene rings is 1. The van der Waals surface area contributed by atoms with Crippen molar-refractivity contribution in [3.63, 3.8) is 0 Å². The third-order valence-electron chi connectivity index (χ3n) is 3.32. The molecule has 1 aromatic carbocycles. The summed E-state index contributed by atoms with van der Waals surface area (Å²) in [5.41, 5.74) is 2.70. The molecule has 1 fully saturated rings. The molecule has 2 rings (SSSR count). The minimum Gasteiger partial charge on any atom is -0.316 e. The molecule has 1 saturated heterocycles. The molecule has 17 heavy (non-hydrogen) atoms. The van der Waals surface area contributed by atoms with Crippen molar-refractivity contribution in [2.75, 3.05) is 20.1 Å². The van der Waals surface area contributed by atoms with E-state index in [1.54, 1.807) is 0 Å². The molecule has 1 aromatic rings. The van der Waals surface area contributed by atoms with Gasteiger partial charge in [0, 0.05) is 30.1 Å². The lowest BCUT2D eigenvalue weighted by molar-refractivity contribution is 0.322. The third-order valence-corrected chi connectivity index (χ3v) is 4.18. The highest BCUT2D eigenvalue weighted by Gasteiger charge is 2.20. The Balaban J connectivity index is 0.00000144. The van der Waals surface area contributed by atoms with Crippen LogP contribution in [0.25, 0.3) is 0 Å². The van der Waals surface area contributed by atoms with Crippen LogP contribution < -0.4 is 5.32 Å². The van der Waals surface area contributed by atoms with Gasteiger partial charge in [-0.05, 0) is 37.6 Å². The molecule has 0 radical (unpaired) electrons. The Bertz CT molecular complexity index is 370. The summed E-state index contributed by atoms with van der Waals surface area (Å²) in [6.07, 6.45) is 1.27. The van der Waals surface area contributed by atoms with Gasteiger partial charge in [0.2, 0.25) is 0 Å². The van der Waals surface area contributed by atoms with Gasteiger partial charge in [-0.3, -0.25) is 4.90 Å². The fraction of sp³-hybridized carbons (Fsp3) is 0.538. The van der Waals surface area contributed by atoms with E-state index in [1.807, 2.05) is 0 Å². The van der Waals surface area contributed by atoms with Crippen LogP contribution in [0.3, 0.4) is 0 Å². The Morgan fingerprint density at radius 1 is 1.47 bits per heavy atom. The van der Waals surface area contributed by atoms with Crippen molar-refractivity contribution in [3.8, 4) is 0 Å². The summed E-state index contributed by atoms with van der Waals surface area (Å²) < 4.78 is 1.22. The van der Waals surface area contributed by atoms with Crippen molar-refractivity contribution in [1.82, 2.24) is 10.2 Å². The summed E-state index contributed by atoms with van der Waals surface area (Å²) in [5.74, 6) is 0. The minimum atomic E-state index is 0. The van der Waals surface area contributed by atoms with E-state index < -0.39 is 0 Å². The van der Waals surface area contributed by atoms with E-state index in [0.29, 0.717) is 6.04 Å². The predicted octanol–water partition coefficient (Wildman–Crippen LogP) is 2.97. The van der Waals surface area contributed by atoms with E-state index >= 15 is 0 Å². The van der Waals surface area contributed by atoms with Crippen molar-refractivity contribution in [2.45, 2.75) is 25.9 Å². The second-order valence-electron chi connectivity index (χ2n) is 4.59. The number of hydrogen-bond acceptors (Lipinski definition) is 2. The SMILES string of the molecule is CNC1CCN(Cc2ccc(C)c(Br)c2)C1.Cl. The molecule has 0 aromatic heterocycles. The average molecular weight is 320 g/mol. The molecule has 1 atom stereocenters. The first kappa shape index (κ1) is 15.0. The van der Waals surface area contributed by atoms with Gasteiger partial charge in [-0.1, -0.05) is 28.1 Å². The summed E-state index contributed by atoms with van der Waals surface area (Å²) in [5, 5.41) is 3.35. The zero-order chi connectivity index (χ0) is 11.5. The molecular weight excluding hydrogens is 300 g/mol. The zero-order valence-corrected chi connectivity index (χ0v) is 12.8. The van der Waals surface area contributed by atoms with Crippen LogP contribution in [0.4, 0.5) is 0 Å². The molecule has 1 unspecified atom stereocenters. The molecular formula is C13H20BrClN2. The molecule has 2 nitrogen and oxygen atoms in total. The van der Waals surface area contributed by atoms with Gasteiger partial charge in [-0.25, -0.2) is 0 Å². The fourth-order valence-corrected chi connectivity index (χ4v) is 2.63. The molecule has 1 aliphatic rings. The van der Waals surface area contributed by atoms with Crippen LogP contribution in [0.5, 0.6) is 0 Å². The van der Waals surface area contributed by atoms with Gasteiger partial charge < -0.3 is 5.32 Å². The molecule has 1 N–H and O–H groups in total. The zero-order valence-electron chi connectivity index (χ0n) is 10.4. The molecule has 0 aliphatic carbocycles. The van der Waals surface area contributed by atoms with Crippen molar-refractivity contribution in [1.29, 1.82) is 0 Å². The predicted molar refractivity (Wildman–Crippen MR) is 78.9 cm³/mol. The number of nitrogens with one attached hydrogen (secondary N) is 1. The van der Waals surface area contributed by atoms with Gasteiger partial charge in [0.15, 0.2) is 0 Å². The summed E-state index contributed by atoms with van der Waals surface area (Å²) in [6, 6.07) is 7.33. The molecule has 0 amide bonds. The molecule has 0 bridgehead atoms. The van der Waals surface area contributed by atoms with Crippen LogP contribution in [0.15, 0.2) is 22.7 Å². The summed E-state index contributed by atoms with van der Waals surface area (Å²) in [4.78, 5) is 2.51. The van der Waals surface area contributed by atoms with Crippen molar-refractivity contribution < 1.29 is 0 Å². The number of likely N-dealkylation sites (tertiary alicyclic amines) is 1. The average Bonchev–Trinajstić information content (AvgIpc) is 2.71. The van der Waals surface area contributed by atoms with Crippen LogP contribution in [-0.2, 0) is 6.54 Å². The second-order valence-corrected chi connectivity index (χ2v) is 5.45. The first-order chi connectivity index (χ1) is 7.69. The first-order valence-electron chi connectivity index (χ1n) is 5.83. The Labute approximate surface area is 118 Å². The maximum atomic E-state index is 3.59. The number of hydrogen-bond donors (Lipinski definition) is 1. The van der Waals surface area contributed by atoms with E-state index in [0.717, 1.165) is 6.54 Å². The lowest BCUT2D eigenvalue weighted by atomic mass is 10.1. The number of likely N-dealkylation sites (N-methyl/N-ethyl adjacent to an activating group) is 1. The van der Waals surface area contributed by atoms with E-state index in [-0.39, 0.29) is 12.4 Å². The Kier molecular flexibility index (Phi) is 5.93. The molecule has 4 heteroatoms. The summed E-state index contributed by atoms with van der Waals surface area (Å²) in [7, 11) is 2.05. The smallest absolute Gasteiger partial charge is 0.0234 e. The van der Waals surface area contributed by atoms with Gasteiger partial charge in [0.1, 0.15) is 0 Å². The van der Waals surface area contributed by atoms with Gasteiger partial charge in [0.05, 0.1) is 0 Å². The number of nitrogens with zero attached hydrogens (tertiary/aromatic N) is 1. The highest BCUT2D eigenvalue weighted by molar-refractivity contribution is 9.10. The number of halogens is 2. The molecule has 0 spiro atoms. The standard InChI is InChI=1S/C13H19BrN2.ClH/c1-10-3-4-11(7-13(10)14)8-16-6-5-12(9-16)15-2;/h3-4,7,12,15H,5-6,8-9H2,1-2H3;1H. The topological polar surface area (TPSA) is 15.3 Å². The van der Waals surface area contributed by atoms with Crippen LogP contribution in [0, 0.1) is 6.92 Å². The van der Waals surface area contributed by atoms with E-state index in [2.05, 4.69) is 58.3 Å². The summed E-state index contributed by atoms with van der Waals surface area (Å²) in [6.45, 7) is 5.57. The largest absolute Gasteiger partial charge is 0.316 e. The number of aryl methyl sites for hydroxylation is 1. The Morgan fingerprint density at radius 3 is 2.82 bits per heavy atom. The lowest BCUT2D eigenvalue weighted by Gasteiger charge is -2.16. The highest BCUT2D eigenvalue weighted by Crippen LogP contribution is 2.20. The van der Waals surface area contributed by atoms with Gasteiger partial charge in [-0.2, -0.15) is 0 Å². The normalized spacial score (nSPS) is 20.3. The lowest BCUT2D eigenvalue weighted by Crippen LogP contribution is -2.29. The van der Waals surface area contributed by atoms with Gasteiger partial charge in [-0.15, -0.1) is 12.4 Å². The Morgan fingerprint density at radius 2 is 2.24 bits per heavy atom. The maximum Gasteiger partial charge on any atom is 0.0234 e. The molecule has 96 valence electrons. The first-order valence-corrected chi connectivity index (χ1v) is 6.63. The summed E-state index contributed by atoms with van der Waals surface area (Å²) >= 11 is 3.59. The maximum absolute atomic E-state index is 3.59. The van der Waals surface area contributed by atoms with Crippen LogP contribution in [-0.4, -0.2) is 31.1 Å². The fourth-order valence-electron chi connectivity index (χ4n) is 2.20. The molecule has 0 saturated carbocycles. The van der Waals surface area contributed by atoms with Gasteiger partial charge >= 0.3 is 0 Å². The quantitative estimate of drug-likeness (QED) is 0.921. The van der Waals surface area contributed by atoms with Crippen LogP contribution >= 0.6 is 28.3 Å². The monoisotopic (exact) mass is 318 g/mol. The van der Waals surface area contributed by atoms with Crippen molar-refractivity contribution >= 4 is 28.3 Å². The van der Waals surface area contributed by atoms with E-state index in [1.165, 1.54) is 35.1 Å². The van der Waals surface area contributed by atoms with E-state index in [4.69, 9.17) is 0 Å². The van der Waals surface area contributed by atoms with Crippen LogP contribution in [0.1, 0.15) is 17.5 Å². The molecule has 1 aliphatic heterocycles. The van der Waals surface area contributed by atoms with Crippen LogP contribution in [0.2, 0.25) is 0 Å². The third kappa shape index (κ3) is 3.95. The van der Waals surface area contributed by atoms with Gasteiger partial charge in [0.25, 0.3) is 0 Å².